The zero-order valence-corrected chi connectivity index (χ0v) is 28.4. The molecule has 3 aromatic rings. The summed E-state index contributed by atoms with van der Waals surface area (Å²) in [4.78, 5) is 55.5. The van der Waals surface area contributed by atoms with E-state index in [-0.39, 0.29) is 46.6 Å². The van der Waals surface area contributed by atoms with Crippen molar-refractivity contribution in [1.29, 1.82) is 0 Å². The van der Waals surface area contributed by atoms with Crippen molar-refractivity contribution in [2.75, 3.05) is 51.7 Å². The van der Waals surface area contributed by atoms with E-state index in [2.05, 4.69) is 54.6 Å². The zero-order chi connectivity index (χ0) is 32.7. The van der Waals surface area contributed by atoms with Crippen LogP contribution in [0, 0.1) is 11.2 Å². The number of benzene rings is 1. The number of aromatic amines is 1. The number of para-hydroxylation sites is 1. The van der Waals surface area contributed by atoms with Gasteiger partial charge in [0.2, 0.25) is 11.8 Å². The van der Waals surface area contributed by atoms with Crippen molar-refractivity contribution in [2.45, 2.75) is 75.6 Å². The Balaban J connectivity index is 1.18. The molecular weight excluding hydrogens is 605 g/mol. The molecule has 1 unspecified atom stereocenters. The van der Waals surface area contributed by atoms with Crippen LogP contribution < -0.4 is 10.6 Å². The molecule has 10 nitrogen and oxygen atoms in total. The van der Waals surface area contributed by atoms with Crippen LogP contribution in [0.15, 0.2) is 41.3 Å². The predicted molar refractivity (Wildman–Crippen MR) is 180 cm³/mol. The number of aromatic nitrogens is 3. The molecule has 0 radical (unpaired) electrons. The number of rotatable bonds is 8. The number of fused-ring (bicyclic) bond motifs is 1. The van der Waals surface area contributed by atoms with Gasteiger partial charge < -0.3 is 19.6 Å². The number of nitrogens with zero attached hydrogens (tertiary/aromatic N) is 6. The molecule has 3 fully saturated rings. The maximum Gasteiger partial charge on any atom is 0.327 e. The van der Waals surface area contributed by atoms with Crippen molar-refractivity contribution in [3.05, 3.63) is 58.4 Å². The van der Waals surface area contributed by atoms with Gasteiger partial charge in [-0.25, -0.2) is 14.2 Å². The maximum absolute atomic E-state index is 15.6. The fourth-order valence-electron chi connectivity index (χ4n) is 7.06. The van der Waals surface area contributed by atoms with Crippen LogP contribution in [0.5, 0.6) is 0 Å². The largest absolute Gasteiger partial charge is 0.367 e. The first kappa shape index (κ1) is 32.6. The van der Waals surface area contributed by atoms with Gasteiger partial charge in [-0.05, 0) is 63.4 Å². The van der Waals surface area contributed by atoms with Crippen molar-refractivity contribution in [3.63, 3.8) is 0 Å². The minimum Gasteiger partial charge on any atom is -0.367 e. The number of thioether (sulfide) groups is 1. The van der Waals surface area contributed by atoms with E-state index in [1.165, 1.54) is 17.8 Å². The minimum atomic E-state index is -0.540. The van der Waals surface area contributed by atoms with E-state index in [0.717, 1.165) is 37.0 Å². The van der Waals surface area contributed by atoms with Crippen molar-refractivity contribution in [3.8, 4) is 0 Å². The number of likely N-dealkylation sites (tertiary alicyclic amines) is 1. The van der Waals surface area contributed by atoms with Crippen LogP contribution in [-0.2, 0) is 9.59 Å². The number of H-pyrrole nitrogens is 1. The van der Waals surface area contributed by atoms with Crippen molar-refractivity contribution in [2.24, 2.45) is 5.41 Å². The monoisotopic (exact) mass is 651 g/mol. The molecule has 46 heavy (non-hydrogen) atoms. The van der Waals surface area contributed by atoms with E-state index in [1.807, 2.05) is 28.0 Å². The Labute approximate surface area is 274 Å². The summed E-state index contributed by atoms with van der Waals surface area (Å²) >= 11 is 1.48. The smallest absolute Gasteiger partial charge is 0.327 e. The molecule has 2 aromatic heterocycles. The number of imidazole rings is 1. The summed E-state index contributed by atoms with van der Waals surface area (Å²) in [5, 5.41) is -0.911. The highest BCUT2D eigenvalue weighted by atomic mass is 32.2. The van der Waals surface area contributed by atoms with E-state index in [0.29, 0.717) is 49.9 Å². The number of nitrogens with one attached hydrogen (secondary N) is 1. The van der Waals surface area contributed by atoms with Gasteiger partial charge >= 0.3 is 5.69 Å². The molecule has 3 aliphatic heterocycles. The van der Waals surface area contributed by atoms with E-state index >= 15 is 4.39 Å². The molecular formula is C34H46FN7O3S. The number of amides is 2. The van der Waals surface area contributed by atoms with Gasteiger partial charge in [-0.15, -0.1) is 11.8 Å². The molecule has 3 aliphatic rings. The molecule has 0 bridgehead atoms. The summed E-state index contributed by atoms with van der Waals surface area (Å²) in [5.74, 6) is -0.377. The van der Waals surface area contributed by atoms with Crippen LogP contribution in [0.3, 0.4) is 0 Å². The third-order valence-electron chi connectivity index (χ3n) is 9.76. The Morgan fingerprint density at radius 1 is 1.09 bits per heavy atom. The average Bonchev–Trinajstić information content (AvgIpc) is 3.71. The number of pyridine rings is 1. The third kappa shape index (κ3) is 6.56. The summed E-state index contributed by atoms with van der Waals surface area (Å²) in [7, 11) is 4.11. The van der Waals surface area contributed by atoms with Crippen LogP contribution in [-0.4, -0.2) is 99.2 Å². The first-order valence-electron chi connectivity index (χ1n) is 16.4. The average molecular weight is 652 g/mol. The normalized spacial score (nSPS) is 23.0. The SMILES string of the molecule is CN(C)C1CCN(c2c(F)cccc2[C@H]2S[C@@H](CC(=O)N3CCC(n4c(=O)[nH]c5ncccc54)CC3)C(=O)N2CCC(C)(C)C)C1. The molecule has 0 aliphatic carbocycles. The maximum atomic E-state index is 15.6. The zero-order valence-electron chi connectivity index (χ0n) is 27.5. The van der Waals surface area contributed by atoms with Crippen molar-refractivity contribution < 1.29 is 14.0 Å². The van der Waals surface area contributed by atoms with Crippen LogP contribution >= 0.6 is 11.8 Å². The minimum absolute atomic E-state index is 0.00914. The lowest BCUT2D eigenvalue weighted by Crippen LogP contribution is -2.42. The first-order valence-corrected chi connectivity index (χ1v) is 17.3. The van der Waals surface area contributed by atoms with E-state index in [4.69, 9.17) is 0 Å². The Morgan fingerprint density at radius 2 is 1.85 bits per heavy atom. The number of hydrogen-bond donors (Lipinski definition) is 1. The van der Waals surface area contributed by atoms with Crippen LogP contribution in [0.25, 0.3) is 11.2 Å². The third-order valence-corrected chi connectivity index (χ3v) is 11.2. The molecule has 6 rings (SSSR count). The number of carbonyl (C=O) groups is 2. The predicted octanol–water partition coefficient (Wildman–Crippen LogP) is 4.64. The molecule has 3 atom stereocenters. The van der Waals surface area contributed by atoms with Gasteiger partial charge in [-0.3, -0.25) is 19.1 Å². The van der Waals surface area contributed by atoms with Crippen LogP contribution in [0.2, 0.25) is 0 Å². The lowest BCUT2D eigenvalue weighted by molar-refractivity contribution is -0.136. The molecule has 0 saturated carbocycles. The van der Waals surface area contributed by atoms with E-state index in [9.17, 15) is 14.4 Å². The van der Waals surface area contributed by atoms with Crippen molar-refractivity contribution >= 4 is 40.4 Å². The standard InChI is InChI=1S/C34H46FN7O3S/c1-34(2,3)14-19-41-31(44)27(46-32(41)24-8-6-9-25(35)29(24)40-18-13-23(21-40)38(4)5)20-28(43)39-16-11-22(12-17-39)42-26-10-7-15-36-30(26)37-33(42)45/h6-10,15,22-23,27,32H,11-14,16-21H2,1-5H3,(H,36,37,45)/t23?,27-,32+/m0/s1. The number of carbonyl (C=O) groups excluding carboxylic acids is 2. The lowest BCUT2D eigenvalue weighted by atomic mass is 9.92. The Kier molecular flexibility index (Phi) is 9.22. The molecule has 5 heterocycles. The van der Waals surface area contributed by atoms with Gasteiger partial charge in [-0.2, -0.15) is 0 Å². The van der Waals surface area contributed by atoms with E-state index < -0.39 is 5.25 Å². The fraction of sp³-hybridized carbons (Fsp3) is 0.588. The number of anilines is 1. The van der Waals surface area contributed by atoms with E-state index in [1.54, 1.807) is 16.8 Å². The Bertz CT molecular complexity index is 1640. The number of hydrogen-bond acceptors (Lipinski definition) is 7. The number of piperidine rings is 1. The Morgan fingerprint density at radius 3 is 2.54 bits per heavy atom. The van der Waals surface area contributed by atoms with Gasteiger partial charge in [-0.1, -0.05) is 32.9 Å². The van der Waals surface area contributed by atoms with Gasteiger partial charge in [0.05, 0.1) is 16.5 Å². The number of halogens is 1. The van der Waals surface area contributed by atoms with Gasteiger partial charge in [0.1, 0.15) is 11.2 Å². The topological polar surface area (TPSA) is 97.8 Å². The highest BCUT2D eigenvalue weighted by Crippen LogP contribution is 2.48. The second-order valence-corrected chi connectivity index (χ2v) is 15.6. The quantitative estimate of drug-likeness (QED) is 0.379. The van der Waals surface area contributed by atoms with Gasteiger partial charge in [0.25, 0.3) is 0 Å². The molecule has 12 heteroatoms. The molecule has 1 N–H and O–H groups in total. The lowest BCUT2D eigenvalue weighted by Gasteiger charge is -2.33. The molecule has 0 spiro atoms. The fourth-order valence-corrected chi connectivity index (χ4v) is 8.56. The molecule has 1 aromatic carbocycles. The van der Waals surface area contributed by atoms with Crippen LogP contribution in [0.4, 0.5) is 10.1 Å². The summed E-state index contributed by atoms with van der Waals surface area (Å²) in [5.41, 5.74) is 2.55. The highest BCUT2D eigenvalue weighted by molar-refractivity contribution is 8.01. The summed E-state index contributed by atoms with van der Waals surface area (Å²) in [6.07, 6.45) is 4.80. The van der Waals surface area contributed by atoms with Crippen molar-refractivity contribution in [1.82, 2.24) is 29.2 Å². The summed E-state index contributed by atoms with van der Waals surface area (Å²) < 4.78 is 17.4. The first-order chi connectivity index (χ1) is 21.9. The second-order valence-electron chi connectivity index (χ2n) is 14.3. The highest BCUT2D eigenvalue weighted by Gasteiger charge is 2.44. The Hall–Kier alpha value is -3.38. The molecule has 2 amide bonds. The molecule has 3 saturated heterocycles. The number of likely N-dealkylation sites (N-methyl/N-ethyl adjacent to an activating group) is 1. The summed E-state index contributed by atoms with van der Waals surface area (Å²) in [6, 6.07) is 9.20. The van der Waals surface area contributed by atoms with Crippen LogP contribution in [0.1, 0.15) is 69.9 Å². The second kappa shape index (κ2) is 13.0. The van der Waals surface area contributed by atoms with Gasteiger partial charge in [0, 0.05) is 63.0 Å². The molecule has 248 valence electrons. The van der Waals surface area contributed by atoms with Gasteiger partial charge in [0.15, 0.2) is 5.65 Å². The summed E-state index contributed by atoms with van der Waals surface area (Å²) in [6.45, 7) is 9.52.